The van der Waals surface area contributed by atoms with Crippen molar-refractivity contribution >= 4 is 28.1 Å². The smallest absolute Gasteiger partial charge is 0.339 e. The lowest BCUT2D eigenvalue weighted by molar-refractivity contribution is 0.0465. The number of rotatable bonds is 5. The number of benzene rings is 2. The third-order valence-electron chi connectivity index (χ3n) is 4.41. The van der Waals surface area contributed by atoms with Crippen molar-refractivity contribution in [2.45, 2.75) is 13.5 Å². The summed E-state index contributed by atoms with van der Waals surface area (Å²) >= 11 is 1.34. The molecule has 4 rings (SSSR count). The van der Waals surface area contributed by atoms with Gasteiger partial charge in [0.2, 0.25) is 0 Å². The number of thiazole rings is 1. The molecular formula is C22H16N2O4S. The number of ether oxygens (including phenoxy) is 1. The van der Waals surface area contributed by atoms with Crippen molar-refractivity contribution in [1.29, 1.82) is 0 Å². The van der Waals surface area contributed by atoms with Gasteiger partial charge in [-0.05, 0) is 13.0 Å². The lowest BCUT2D eigenvalue weighted by Gasteiger charge is -2.09. The van der Waals surface area contributed by atoms with Crippen LogP contribution in [0.25, 0.3) is 4.96 Å². The van der Waals surface area contributed by atoms with Gasteiger partial charge in [-0.2, -0.15) is 0 Å². The molecule has 7 heteroatoms. The molecule has 0 atom stereocenters. The Morgan fingerprint density at radius 3 is 2.48 bits per heavy atom. The fourth-order valence-electron chi connectivity index (χ4n) is 3.00. The Kier molecular flexibility index (Phi) is 5.05. The van der Waals surface area contributed by atoms with E-state index in [0.717, 1.165) is 5.69 Å². The van der Waals surface area contributed by atoms with E-state index in [0.29, 0.717) is 16.2 Å². The Balaban J connectivity index is 1.57. The molecule has 0 saturated heterocycles. The summed E-state index contributed by atoms with van der Waals surface area (Å²) in [5, 5.41) is 1.84. The third-order valence-corrected chi connectivity index (χ3v) is 5.35. The minimum Gasteiger partial charge on any atom is -0.456 e. The molecule has 0 fully saturated rings. The summed E-state index contributed by atoms with van der Waals surface area (Å²) in [7, 11) is 0. The minimum absolute atomic E-state index is 0.157. The van der Waals surface area contributed by atoms with Crippen molar-refractivity contribution in [3.8, 4) is 0 Å². The maximum atomic E-state index is 12.8. The normalized spacial score (nSPS) is 10.8. The molecule has 0 radical (unpaired) electrons. The Labute approximate surface area is 170 Å². The van der Waals surface area contributed by atoms with Crippen molar-refractivity contribution in [2.75, 3.05) is 0 Å². The van der Waals surface area contributed by atoms with E-state index in [9.17, 15) is 14.4 Å². The van der Waals surface area contributed by atoms with E-state index in [1.165, 1.54) is 21.8 Å². The largest absolute Gasteiger partial charge is 0.456 e. The molecule has 144 valence electrons. The second kappa shape index (κ2) is 7.81. The standard InChI is InChI=1S/C22H16N2O4S/c1-14-13-29-22-23-16(11-19(25)24(14)22)12-28-21(27)18-10-6-5-9-17(18)20(26)15-7-3-2-4-8-15/h2-11,13H,12H2,1H3. The minimum atomic E-state index is -0.644. The van der Waals surface area contributed by atoms with Gasteiger partial charge in [0.25, 0.3) is 5.56 Å². The number of aryl methyl sites for hydroxylation is 1. The molecule has 0 aliphatic rings. The molecule has 29 heavy (non-hydrogen) atoms. The number of carbonyl (C=O) groups excluding carboxylic acids is 2. The second-order valence-corrected chi connectivity index (χ2v) is 7.23. The van der Waals surface area contributed by atoms with Gasteiger partial charge in [-0.25, -0.2) is 9.78 Å². The molecule has 0 N–H and O–H groups in total. The van der Waals surface area contributed by atoms with Gasteiger partial charge in [-0.15, -0.1) is 11.3 Å². The highest BCUT2D eigenvalue weighted by molar-refractivity contribution is 7.15. The predicted molar refractivity (Wildman–Crippen MR) is 110 cm³/mol. The average molecular weight is 404 g/mol. The van der Waals surface area contributed by atoms with Gasteiger partial charge < -0.3 is 4.74 Å². The molecule has 0 saturated carbocycles. The monoisotopic (exact) mass is 404 g/mol. The summed E-state index contributed by atoms with van der Waals surface area (Å²) in [5.41, 5.74) is 1.86. The van der Waals surface area contributed by atoms with Crippen molar-refractivity contribution in [3.63, 3.8) is 0 Å². The van der Waals surface area contributed by atoms with Crippen molar-refractivity contribution in [1.82, 2.24) is 9.38 Å². The molecule has 0 spiro atoms. The van der Waals surface area contributed by atoms with Crippen molar-refractivity contribution < 1.29 is 14.3 Å². The number of nitrogens with zero attached hydrogens (tertiary/aromatic N) is 2. The first-order valence-electron chi connectivity index (χ1n) is 8.87. The highest BCUT2D eigenvalue weighted by Gasteiger charge is 2.19. The number of hydrogen-bond donors (Lipinski definition) is 0. The Morgan fingerprint density at radius 1 is 1.03 bits per heavy atom. The van der Waals surface area contributed by atoms with Gasteiger partial charge in [0.05, 0.1) is 11.3 Å². The molecule has 0 unspecified atom stereocenters. The van der Waals surface area contributed by atoms with E-state index in [2.05, 4.69) is 4.98 Å². The zero-order chi connectivity index (χ0) is 20.4. The number of esters is 1. The van der Waals surface area contributed by atoms with Crippen molar-refractivity contribution in [3.05, 3.63) is 104 Å². The second-order valence-electron chi connectivity index (χ2n) is 6.40. The number of ketones is 1. The average Bonchev–Trinajstić information content (AvgIpc) is 3.13. The van der Waals surface area contributed by atoms with Crippen LogP contribution < -0.4 is 5.56 Å². The van der Waals surface area contributed by atoms with Crippen LogP contribution in [0.2, 0.25) is 0 Å². The topological polar surface area (TPSA) is 77.7 Å². The molecule has 0 bridgehead atoms. The molecule has 6 nitrogen and oxygen atoms in total. The number of aromatic nitrogens is 2. The first-order valence-corrected chi connectivity index (χ1v) is 9.75. The van der Waals surface area contributed by atoms with E-state index in [-0.39, 0.29) is 29.1 Å². The highest BCUT2D eigenvalue weighted by Crippen LogP contribution is 2.17. The van der Waals surface area contributed by atoms with Crippen LogP contribution in [-0.2, 0) is 11.3 Å². The number of hydrogen-bond acceptors (Lipinski definition) is 6. The van der Waals surface area contributed by atoms with E-state index in [1.807, 2.05) is 18.4 Å². The van der Waals surface area contributed by atoms with Crippen LogP contribution in [0.3, 0.4) is 0 Å². The summed E-state index contributed by atoms with van der Waals surface area (Å²) in [6, 6.07) is 16.6. The van der Waals surface area contributed by atoms with Gasteiger partial charge in [-0.3, -0.25) is 14.0 Å². The van der Waals surface area contributed by atoms with E-state index in [4.69, 9.17) is 4.74 Å². The molecule has 2 heterocycles. The maximum Gasteiger partial charge on any atom is 0.339 e. The molecular weight excluding hydrogens is 388 g/mol. The lowest BCUT2D eigenvalue weighted by Crippen LogP contribution is -2.17. The van der Waals surface area contributed by atoms with Crippen LogP contribution in [-0.4, -0.2) is 21.1 Å². The summed E-state index contributed by atoms with van der Waals surface area (Å²) in [6.45, 7) is 1.67. The van der Waals surface area contributed by atoms with E-state index in [1.54, 1.807) is 48.5 Å². The lowest BCUT2D eigenvalue weighted by atomic mass is 9.98. The van der Waals surface area contributed by atoms with Crippen LogP contribution in [0.5, 0.6) is 0 Å². The fourth-order valence-corrected chi connectivity index (χ4v) is 3.89. The van der Waals surface area contributed by atoms with Crippen molar-refractivity contribution in [2.24, 2.45) is 0 Å². The summed E-state index contributed by atoms with van der Waals surface area (Å²) < 4.78 is 6.86. The van der Waals surface area contributed by atoms with Crippen LogP contribution in [0, 0.1) is 6.92 Å². The molecule has 2 aromatic carbocycles. The summed E-state index contributed by atoms with van der Waals surface area (Å²) in [4.78, 5) is 42.6. The van der Waals surface area contributed by atoms with Gasteiger partial charge in [0, 0.05) is 28.3 Å². The first-order chi connectivity index (χ1) is 14.0. The molecule has 0 amide bonds. The molecule has 2 aromatic heterocycles. The Hall–Kier alpha value is -3.58. The summed E-state index contributed by atoms with van der Waals surface area (Å²) in [5.74, 6) is -0.903. The molecule has 0 aliphatic carbocycles. The Morgan fingerprint density at radius 2 is 1.72 bits per heavy atom. The predicted octanol–water partition coefficient (Wildman–Crippen LogP) is 3.65. The van der Waals surface area contributed by atoms with Gasteiger partial charge in [0.15, 0.2) is 10.7 Å². The molecule has 4 aromatic rings. The molecule has 0 aliphatic heterocycles. The van der Waals surface area contributed by atoms with E-state index < -0.39 is 5.97 Å². The fraction of sp³-hybridized carbons (Fsp3) is 0.0909. The van der Waals surface area contributed by atoms with Crippen LogP contribution in [0.1, 0.15) is 37.7 Å². The Bertz CT molecular complexity index is 1270. The number of fused-ring (bicyclic) bond motifs is 1. The van der Waals surface area contributed by atoms with Gasteiger partial charge >= 0.3 is 5.97 Å². The quantitative estimate of drug-likeness (QED) is 0.375. The zero-order valence-corrected chi connectivity index (χ0v) is 16.3. The van der Waals surface area contributed by atoms with Crippen LogP contribution in [0.4, 0.5) is 0 Å². The number of carbonyl (C=O) groups is 2. The zero-order valence-electron chi connectivity index (χ0n) is 15.5. The summed E-state index contributed by atoms with van der Waals surface area (Å²) in [6.07, 6.45) is 0. The maximum absolute atomic E-state index is 12.8. The van der Waals surface area contributed by atoms with Crippen LogP contribution >= 0.6 is 11.3 Å². The van der Waals surface area contributed by atoms with E-state index >= 15 is 0 Å². The van der Waals surface area contributed by atoms with Crippen LogP contribution in [0.15, 0.2) is 70.8 Å². The van der Waals surface area contributed by atoms with Gasteiger partial charge in [0.1, 0.15) is 6.61 Å². The highest BCUT2D eigenvalue weighted by atomic mass is 32.1. The van der Waals surface area contributed by atoms with Gasteiger partial charge in [-0.1, -0.05) is 48.5 Å². The SMILES string of the molecule is Cc1csc2nc(COC(=O)c3ccccc3C(=O)c3ccccc3)cc(=O)n12. The first kappa shape index (κ1) is 18.8. The third kappa shape index (κ3) is 3.72.